The number of benzene rings is 1. The third-order valence-electron chi connectivity index (χ3n) is 2.75. The highest BCUT2D eigenvalue weighted by Gasteiger charge is 2.36. The van der Waals surface area contributed by atoms with E-state index in [4.69, 9.17) is 0 Å². The first-order valence-electron chi connectivity index (χ1n) is 4.56. The first-order chi connectivity index (χ1) is 5.81. The lowest BCUT2D eigenvalue weighted by atomic mass is 10.1. The third-order valence-corrected chi connectivity index (χ3v) is 3.27. The molecular weight excluding hydrogens is 212 g/mol. The van der Waals surface area contributed by atoms with E-state index < -0.39 is 0 Å². The molecule has 0 spiro atoms. The molecule has 0 amide bonds. The lowest BCUT2D eigenvalue weighted by Gasteiger charge is -1.98. The van der Waals surface area contributed by atoms with Crippen LogP contribution in [0.5, 0.6) is 0 Å². The second-order valence-corrected chi connectivity index (χ2v) is 4.48. The van der Waals surface area contributed by atoms with Gasteiger partial charge in [0.15, 0.2) is 0 Å². The zero-order valence-corrected chi connectivity index (χ0v) is 8.84. The normalized spacial score (nSPS) is 27.2. The monoisotopic (exact) mass is 224 g/mol. The molecule has 0 aliphatic heterocycles. The second kappa shape index (κ2) is 3.21. The SMILES string of the molecule is CC[C@H]1C[C@@H]1c1ccc(Br)cc1. The van der Waals surface area contributed by atoms with Gasteiger partial charge in [-0.25, -0.2) is 0 Å². The van der Waals surface area contributed by atoms with Crippen molar-refractivity contribution in [2.45, 2.75) is 25.7 Å². The van der Waals surface area contributed by atoms with Crippen LogP contribution in [0.4, 0.5) is 0 Å². The van der Waals surface area contributed by atoms with Crippen molar-refractivity contribution in [3.8, 4) is 0 Å². The van der Waals surface area contributed by atoms with Crippen LogP contribution in [0.15, 0.2) is 28.7 Å². The van der Waals surface area contributed by atoms with Gasteiger partial charge in [0.2, 0.25) is 0 Å². The van der Waals surface area contributed by atoms with Gasteiger partial charge in [-0.2, -0.15) is 0 Å². The van der Waals surface area contributed by atoms with Crippen molar-refractivity contribution in [1.29, 1.82) is 0 Å². The van der Waals surface area contributed by atoms with Gasteiger partial charge in [0.1, 0.15) is 0 Å². The molecule has 2 rings (SSSR count). The number of hydrogen-bond acceptors (Lipinski definition) is 0. The Kier molecular flexibility index (Phi) is 2.22. The molecule has 64 valence electrons. The average molecular weight is 225 g/mol. The van der Waals surface area contributed by atoms with Crippen LogP contribution >= 0.6 is 15.9 Å². The highest BCUT2D eigenvalue weighted by atomic mass is 79.9. The van der Waals surface area contributed by atoms with Gasteiger partial charge in [-0.15, -0.1) is 0 Å². The van der Waals surface area contributed by atoms with Crippen LogP contribution in [0.3, 0.4) is 0 Å². The van der Waals surface area contributed by atoms with Gasteiger partial charge in [-0.1, -0.05) is 41.4 Å². The zero-order valence-electron chi connectivity index (χ0n) is 7.26. The summed E-state index contributed by atoms with van der Waals surface area (Å²) in [5.41, 5.74) is 1.52. The van der Waals surface area contributed by atoms with E-state index in [1.165, 1.54) is 22.9 Å². The Labute approximate surface area is 82.1 Å². The molecule has 0 aromatic heterocycles. The fraction of sp³-hybridized carbons (Fsp3) is 0.455. The Bertz CT molecular complexity index is 263. The Morgan fingerprint density at radius 3 is 2.50 bits per heavy atom. The minimum atomic E-state index is 0.864. The maximum absolute atomic E-state index is 3.45. The van der Waals surface area contributed by atoms with Gasteiger partial charge in [0.25, 0.3) is 0 Å². The Morgan fingerprint density at radius 2 is 2.00 bits per heavy atom. The van der Waals surface area contributed by atoms with Crippen LogP contribution in [-0.2, 0) is 0 Å². The molecule has 1 aliphatic carbocycles. The van der Waals surface area contributed by atoms with Crippen molar-refractivity contribution in [1.82, 2.24) is 0 Å². The summed E-state index contributed by atoms with van der Waals surface area (Å²) in [5.74, 6) is 1.83. The van der Waals surface area contributed by atoms with Gasteiger partial charge < -0.3 is 0 Å². The lowest BCUT2D eigenvalue weighted by Crippen LogP contribution is -1.81. The van der Waals surface area contributed by atoms with E-state index in [1.54, 1.807) is 0 Å². The largest absolute Gasteiger partial charge is 0.0651 e. The van der Waals surface area contributed by atoms with Crippen LogP contribution in [0.2, 0.25) is 0 Å². The van der Waals surface area contributed by atoms with Crippen molar-refractivity contribution in [3.05, 3.63) is 34.3 Å². The second-order valence-electron chi connectivity index (χ2n) is 3.56. The highest BCUT2D eigenvalue weighted by molar-refractivity contribution is 9.10. The summed E-state index contributed by atoms with van der Waals surface area (Å²) in [6, 6.07) is 8.76. The molecule has 1 saturated carbocycles. The molecule has 0 N–H and O–H groups in total. The number of hydrogen-bond donors (Lipinski definition) is 0. The molecule has 1 aliphatic rings. The summed E-state index contributed by atoms with van der Waals surface area (Å²) in [7, 11) is 0. The smallest absolute Gasteiger partial charge is 0.0175 e. The summed E-state index contributed by atoms with van der Waals surface area (Å²) in [6.07, 6.45) is 2.73. The van der Waals surface area contributed by atoms with Gasteiger partial charge >= 0.3 is 0 Å². The Morgan fingerprint density at radius 1 is 1.33 bits per heavy atom. The standard InChI is InChI=1S/C11H13Br/c1-2-8-7-11(8)9-3-5-10(12)6-4-9/h3-6,8,11H,2,7H2,1H3/t8-,11-/m0/s1. The minimum Gasteiger partial charge on any atom is -0.0651 e. The molecule has 0 radical (unpaired) electrons. The molecule has 0 nitrogen and oxygen atoms in total. The lowest BCUT2D eigenvalue weighted by molar-refractivity contribution is 0.766. The molecule has 1 aromatic carbocycles. The van der Waals surface area contributed by atoms with Gasteiger partial charge in [-0.05, 0) is 36.0 Å². The van der Waals surface area contributed by atoms with E-state index in [0.717, 1.165) is 11.8 Å². The third kappa shape index (κ3) is 1.56. The van der Waals surface area contributed by atoms with Crippen LogP contribution in [-0.4, -0.2) is 0 Å². The van der Waals surface area contributed by atoms with Crippen LogP contribution in [0, 0.1) is 5.92 Å². The van der Waals surface area contributed by atoms with E-state index in [-0.39, 0.29) is 0 Å². The first kappa shape index (κ1) is 8.31. The maximum atomic E-state index is 3.45. The molecule has 0 heterocycles. The number of halogens is 1. The molecule has 1 fully saturated rings. The zero-order chi connectivity index (χ0) is 8.55. The summed E-state index contributed by atoms with van der Waals surface area (Å²) < 4.78 is 1.18. The average Bonchev–Trinajstić information content (AvgIpc) is 2.85. The summed E-state index contributed by atoms with van der Waals surface area (Å²) in [4.78, 5) is 0. The highest BCUT2D eigenvalue weighted by Crippen LogP contribution is 2.49. The predicted molar refractivity (Wildman–Crippen MR) is 55.3 cm³/mol. The number of rotatable bonds is 2. The minimum absolute atomic E-state index is 0.864. The van der Waals surface area contributed by atoms with Crippen molar-refractivity contribution >= 4 is 15.9 Å². The molecule has 12 heavy (non-hydrogen) atoms. The molecule has 1 heteroatoms. The summed E-state index contributed by atoms with van der Waals surface area (Å²) >= 11 is 3.45. The molecule has 0 bridgehead atoms. The summed E-state index contributed by atoms with van der Waals surface area (Å²) in [5, 5.41) is 0. The van der Waals surface area contributed by atoms with E-state index in [0.29, 0.717) is 0 Å². The Balaban J connectivity index is 2.10. The van der Waals surface area contributed by atoms with Crippen LogP contribution in [0.1, 0.15) is 31.2 Å². The molecule has 0 unspecified atom stereocenters. The quantitative estimate of drug-likeness (QED) is 0.714. The first-order valence-corrected chi connectivity index (χ1v) is 5.36. The summed E-state index contributed by atoms with van der Waals surface area (Å²) in [6.45, 7) is 2.28. The fourth-order valence-electron chi connectivity index (χ4n) is 1.82. The van der Waals surface area contributed by atoms with E-state index in [9.17, 15) is 0 Å². The molecule has 0 saturated heterocycles. The molecule has 2 atom stereocenters. The topological polar surface area (TPSA) is 0 Å². The van der Waals surface area contributed by atoms with Crippen molar-refractivity contribution in [3.63, 3.8) is 0 Å². The van der Waals surface area contributed by atoms with Gasteiger partial charge in [-0.3, -0.25) is 0 Å². The van der Waals surface area contributed by atoms with E-state index in [2.05, 4.69) is 47.1 Å². The van der Waals surface area contributed by atoms with Crippen molar-refractivity contribution < 1.29 is 0 Å². The fourth-order valence-corrected chi connectivity index (χ4v) is 2.08. The molecular formula is C11H13Br. The van der Waals surface area contributed by atoms with Crippen molar-refractivity contribution in [2.24, 2.45) is 5.92 Å². The molecule has 1 aromatic rings. The van der Waals surface area contributed by atoms with Crippen LogP contribution in [0.25, 0.3) is 0 Å². The van der Waals surface area contributed by atoms with Gasteiger partial charge in [0, 0.05) is 4.47 Å². The maximum Gasteiger partial charge on any atom is 0.0175 e. The Hall–Kier alpha value is -0.300. The van der Waals surface area contributed by atoms with E-state index >= 15 is 0 Å². The van der Waals surface area contributed by atoms with Crippen molar-refractivity contribution in [2.75, 3.05) is 0 Å². The van der Waals surface area contributed by atoms with E-state index in [1.807, 2.05) is 0 Å². The van der Waals surface area contributed by atoms with Gasteiger partial charge in [0.05, 0.1) is 0 Å². The predicted octanol–water partition coefficient (Wildman–Crippen LogP) is 3.96. The van der Waals surface area contributed by atoms with Crippen LogP contribution < -0.4 is 0 Å².